The van der Waals surface area contributed by atoms with Crippen molar-refractivity contribution >= 4 is 28.9 Å². The predicted molar refractivity (Wildman–Crippen MR) is 49.2 cm³/mol. The number of nitro benzene ring substituents is 1. The number of alkyl halides is 2. The average Bonchev–Trinajstić information content (AvgIpc) is 2.04. The number of phenolic OH excluding ortho intramolecular Hbond substituents is 1. The highest BCUT2D eigenvalue weighted by molar-refractivity contribution is 6.44. The van der Waals surface area contributed by atoms with Crippen LogP contribution in [0.3, 0.4) is 0 Å². The van der Waals surface area contributed by atoms with Gasteiger partial charge in [-0.2, -0.15) is 0 Å². The summed E-state index contributed by atoms with van der Waals surface area (Å²) in [7, 11) is 0. The second-order valence-electron chi connectivity index (χ2n) is 2.30. The predicted octanol–water partition coefficient (Wildman–Crippen LogP) is 2.78. The van der Waals surface area contributed by atoms with E-state index in [9.17, 15) is 15.2 Å². The van der Waals surface area contributed by atoms with Crippen LogP contribution in [-0.4, -0.2) is 10.0 Å². The third kappa shape index (κ3) is 2.23. The van der Waals surface area contributed by atoms with Gasteiger partial charge in [0.1, 0.15) is 10.6 Å². The molecule has 0 atom stereocenters. The Bertz CT molecular complexity index is 341. The Kier molecular flexibility index (Phi) is 2.95. The molecule has 0 amide bonds. The minimum atomic E-state index is -0.972. The van der Waals surface area contributed by atoms with Crippen LogP contribution in [0.5, 0.6) is 5.75 Å². The number of nitro groups is 1. The first-order valence-corrected chi connectivity index (χ1v) is 4.15. The quantitative estimate of drug-likeness (QED) is 0.475. The summed E-state index contributed by atoms with van der Waals surface area (Å²) in [5.41, 5.74) is -0.0170. The molecule has 13 heavy (non-hydrogen) atoms. The maximum absolute atomic E-state index is 10.3. The molecule has 1 aromatic carbocycles. The lowest BCUT2D eigenvalue weighted by Crippen LogP contribution is -1.90. The monoisotopic (exact) mass is 221 g/mol. The standard InChI is InChI=1S/C7H5Cl2NO3/c8-7(9)5-3-4(10(12)13)1-2-6(5)11/h1-3,7,11H. The summed E-state index contributed by atoms with van der Waals surface area (Å²) in [5, 5.41) is 19.5. The normalized spacial score (nSPS) is 10.4. The molecule has 0 heterocycles. The van der Waals surface area contributed by atoms with Gasteiger partial charge >= 0.3 is 0 Å². The molecule has 6 heteroatoms. The van der Waals surface area contributed by atoms with Crippen molar-refractivity contribution in [3.05, 3.63) is 33.9 Å². The number of halogens is 2. The molecule has 0 aliphatic carbocycles. The van der Waals surface area contributed by atoms with E-state index < -0.39 is 9.76 Å². The number of benzene rings is 1. The van der Waals surface area contributed by atoms with Gasteiger partial charge in [-0.05, 0) is 6.07 Å². The second kappa shape index (κ2) is 3.81. The molecule has 0 unspecified atom stereocenters. The van der Waals surface area contributed by atoms with E-state index in [4.69, 9.17) is 23.2 Å². The number of rotatable bonds is 2. The van der Waals surface area contributed by atoms with Gasteiger partial charge in [0.2, 0.25) is 0 Å². The zero-order valence-corrected chi connectivity index (χ0v) is 7.79. The lowest BCUT2D eigenvalue weighted by atomic mass is 10.2. The van der Waals surface area contributed by atoms with Crippen molar-refractivity contribution in [1.29, 1.82) is 0 Å². The van der Waals surface area contributed by atoms with E-state index in [1.54, 1.807) is 0 Å². The molecule has 0 saturated carbocycles. The molecular weight excluding hydrogens is 217 g/mol. The highest BCUT2D eigenvalue weighted by atomic mass is 35.5. The van der Waals surface area contributed by atoms with Gasteiger partial charge in [0.15, 0.2) is 0 Å². The lowest BCUT2D eigenvalue weighted by Gasteiger charge is -2.03. The van der Waals surface area contributed by atoms with Crippen LogP contribution in [0, 0.1) is 10.1 Å². The lowest BCUT2D eigenvalue weighted by molar-refractivity contribution is -0.384. The molecule has 0 bridgehead atoms. The van der Waals surface area contributed by atoms with Crippen molar-refractivity contribution < 1.29 is 10.0 Å². The molecular formula is C7H5Cl2NO3. The Morgan fingerprint density at radius 1 is 1.46 bits per heavy atom. The zero-order valence-electron chi connectivity index (χ0n) is 6.28. The van der Waals surface area contributed by atoms with Gasteiger partial charge < -0.3 is 5.11 Å². The van der Waals surface area contributed by atoms with Gasteiger partial charge in [-0.1, -0.05) is 23.2 Å². The summed E-state index contributed by atoms with van der Waals surface area (Å²) in [6.07, 6.45) is 0. The van der Waals surface area contributed by atoms with Crippen molar-refractivity contribution in [2.75, 3.05) is 0 Å². The number of nitrogens with zero attached hydrogens (tertiary/aromatic N) is 1. The Morgan fingerprint density at radius 2 is 2.08 bits per heavy atom. The highest BCUT2D eigenvalue weighted by Gasteiger charge is 2.14. The minimum absolute atomic E-state index is 0.137. The summed E-state index contributed by atoms with van der Waals surface area (Å²) in [6, 6.07) is 3.50. The van der Waals surface area contributed by atoms with Crippen LogP contribution in [0.1, 0.15) is 10.4 Å². The first-order chi connectivity index (χ1) is 6.02. The van der Waals surface area contributed by atoms with Crippen LogP contribution in [0.25, 0.3) is 0 Å². The van der Waals surface area contributed by atoms with Crippen molar-refractivity contribution in [2.24, 2.45) is 0 Å². The fraction of sp³-hybridized carbons (Fsp3) is 0.143. The molecule has 0 aromatic heterocycles. The van der Waals surface area contributed by atoms with E-state index in [-0.39, 0.29) is 17.0 Å². The number of phenols is 1. The average molecular weight is 222 g/mol. The maximum atomic E-state index is 10.3. The van der Waals surface area contributed by atoms with Crippen molar-refractivity contribution in [1.82, 2.24) is 0 Å². The Labute approximate surface area is 83.9 Å². The summed E-state index contributed by atoms with van der Waals surface area (Å²) < 4.78 is 0. The van der Waals surface area contributed by atoms with Crippen LogP contribution in [0.2, 0.25) is 0 Å². The van der Waals surface area contributed by atoms with Crippen molar-refractivity contribution in [3.8, 4) is 5.75 Å². The molecule has 4 nitrogen and oxygen atoms in total. The van der Waals surface area contributed by atoms with Gasteiger partial charge in [0.05, 0.1) is 4.92 Å². The van der Waals surface area contributed by atoms with Crippen LogP contribution < -0.4 is 0 Å². The molecule has 1 aromatic rings. The number of hydrogen-bond acceptors (Lipinski definition) is 3. The summed E-state index contributed by atoms with van der Waals surface area (Å²) in [6.45, 7) is 0. The van der Waals surface area contributed by atoms with E-state index in [1.165, 1.54) is 12.1 Å². The maximum Gasteiger partial charge on any atom is 0.270 e. The van der Waals surface area contributed by atoms with E-state index in [2.05, 4.69) is 0 Å². The molecule has 0 aliphatic rings. The summed E-state index contributed by atoms with van der Waals surface area (Å²) >= 11 is 10.9. The van der Waals surface area contributed by atoms with E-state index in [1.807, 2.05) is 0 Å². The molecule has 0 saturated heterocycles. The molecule has 1 N–H and O–H groups in total. The van der Waals surface area contributed by atoms with Gasteiger partial charge in [0, 0.05) is 17.7 Å². The Hall–Kier alpha value is -1.00. The first-order valence-electron chi connectivity index (χ1n) is 3.28. The molecule has 0 aliphatic heterocycles. The number of non-ortho nitro benzene ring substituents is 1. The SMILES string of the molecule is O=[N+]([O-])c1ccc(O)c(C(Cl)Cl)c1. The van der Waals surface area contributed by atoms with Crippen LogP contribution in [-0.2, 0) is 0 Å². The van der Waals surface area contributed by atoms with E-state index >= 15 is 0 Å². The van der Waals surface area contributed by atoms with Gasteiger partial charge in [-0.25, -0.2) is 0 Å². The van der Waals surface area contributed by atoms with Gasteiger partial charge in [0.25, 0.3) is 5.69 Å². The first kappa shape index (κ1) is 10.1. The van der Waals surface area contributed by atoms with E-state index in [0.717, 1.165) is 6.07 Å². The van der Waals surface area contributed by atoms with Gasteiger partial charge in [-0.15, -0.1) is 0 Å². The Morgan fingerprint density at radius 3 is 2.54 bits per heavy atom. The van der Waals surface area contributed by atoms with Crippen LogP contribution in [0.4, 0.5) is 5.69 Å². The fourth-order valence-corrected chi connectivity index (χ4v) is 1.18. The molecule has 0 fully saturated rings. The van der Waals surface area contributed by atoms with E-state index in [0.29, 0.717) is 0 Å². The minimum Gasteiger partial charge on any atom is -0.508 e. The molecule has 0 radical (unpaired) electrons. The molecule has 1 rings (SSSR count). The molecule has 0 spiro atoms. The summed E-state index contributed by atoms with van der Waals surface area (Å²) in [4.78, 5) is 8.77. The topological polar surface area (TPSA) is 63.4 Å². The second-order valence-corrected chi connectivity index (χ2v) is 3.40. The van der Waals surface area contributed by atoms with Crippen molar-refractivity contribution in [2.45, 2.75) is 4.84 Å². The van der Waals surface area contributed by atoms with Gasteiger partial charge in [-0.3, -0.25) is 10.1 Å². The van der Waals surface area contributed by atoms with Crippen LogP contribution in [0.15, 0.2) is 18.2 Å². The zero-order chi connectivity index (χ0) is 10.0. The fourth-order valence-electron chi connectivity index (χ4n) is 0.830. The summed E-state index contributed by atoms with van der Waals surface area (Å²) in [5.74, 6) is -0.152. The van der Waals surface area contributed by atoms with Crippen molar-refractivity contribution in [3.63, 3.8) is 0 Å². The molecule has 70 valence electrons. The highest BCUT2D eigenvalue weighted by Crippen LogP contribution is 2.34. The smallest absolute Gasteiger partial charge is 0.270 e. The van der Waals surface area contributed by atoms with Crippen LogP contribution >= 0.6 is 23.2 Å². The largest absolute Gasteiger partial charge is 0.508 e. The Balaban J connectivity index is 3.19. The number of hydrogen-bond donors (Lipinski definition) is 1. The third-order valence-corrected chi connectivity index (χ3v) is 1.93. The third-order valence-electron chi connectivity index (χ3n) is 1.46. The number of aromatic hydroxyl groups is 1.